The van der Waals surface area contributed by atoms with Crippen LogP contribution in [0.1, 0.15) is 17.3 Å². The van der Waals surface area contributed by atoms with Crippen molar-refractivity contribution in [2.24, 2.45) is 0 Å². The Bertz CT molecular complexity index is 419. The third-order valence-corrected chi connectivity index (χ3v) is 3.03. The minimum atomic E-state index is -0.537. The van der Waals surface area contributed by atoms with Crippen LogP contribution < -0.4 is 0 Å². The van der Waals surface area contributed by atoms with Crippen molar-refractivity contribution in [2.45, 2.75) is 6.92 Å². The summed E-state index contributed by atoms with van der Waals surface area (Å²) in [5.41, 5.74) is 0.113. The molecule has 0 unspecified atom stereocenters. The number of hydrogen-bond acceptors (Lipinski definition) is 3. The fourth-order valence-corrected chi connectivity index (χ4v) is 2.50. The number of Topliss-reactive ketones (excluding diaryl/α,β-unsaturated/α-hetero) is 1. The summed E-state index contributed by atoms with van der Waals surface area (Å²) >= 11 is 7.50. The molecule has 1 rings (SSSR count). The normalized spacial score (nSPS) is 9.93. The molecule has 0 spiro atoms. The SMILES string of the molecule is CC(=O)c1c(Cl)ccc([N+](=O)[O-])c1I. The molecule has 0 aliphatic heterocycles. The third kappa shape index (κ3) is 2.03. The molecule has 0 aliphatic rings. The van der Waals surface area contributed by atoms with E-state index in [1.165, 1.54) is 19.1 Å². The lowest BCUT2D eigenvalue weighted by molar-refractivity contribution is -0.385. The van der Waals surface area contributed by atoms with E-state index in [2.05, 4.69) is 0 Å². The van der Waals surface area contributed by atoms with E-state index in [1.807, 2.05) is 0 Å². The molecule has 6 heteroatoms. The van der Waals surface area contributed by atoms with Gasteiger partial charge in [-0.3, -0.25) is 14.9 Å². The molecule has 4 nitrogen and oxygen atoms in total. The standard InChI is InChI=1S/C8H5ClINO3/c1-4(12)7-5(9)2-3-6(8(7)10)11(13)14/h2-3H,1H3. The van der Waals surface area contributed by atoms with Gasteiger partial charge in [-0.2, -0.15) is 0 Å². The minimum Gasteiger partial charge on any atom is -0.294 e. The maximum Gasteiger partial charge on any atom is 0.283 e. The van der Waals surface area contributed by atoms with Crippen molar-refractivity contribution in [1.29, 1.82) is 0 Å². The van der Waals surface area contributed by atoms with Gasteiger partial charge in [0, 0.05) is 6.07 Å². The molecule has 0 saturated carbocycles. The van der Waals surface area contributed by atoms with E-state index >= 15 is 0 Å². The molecule has 0 aromatic heterocycles. The number of halogens is 2. The van der Waals surface area contributed by atoms with Gasteiger partial charge in [0.2, 0.25) is 0 Å². The van der Waals surface area contributed by atoms with E-state index in [0.717, 1.165) is 0 Å². The molecule has 0 saturated heterocycles. The van der Waals surface area contributed by atoms with Crippen molar-refractivity contribution < 1.29 is 9.72 Å². The summed E-state index contributed by atoms with van der Waals surface area (Å²) in [5.74, 6) is -0.275. The highest BCUT2D eigenvalue weighted by atomic mass is 127. The number of nitro benzene ring substituents is 1. The van der Waals surface area contributed by atoms with Gasteiger partial charge in [-0.1, -0.05) is 11.6 Å². The summed E-state index contributed by atoms with van der Waals surface area (Å²) < 4.78 is 0.285. The summed E-state index contributed by atoms with van der Waals surface area (Å²) in [6, 6.07) is 2.65. The Labute approximate surface area is 98.5 Å². The largest absolute Gasteiger partial charge is 0.294 e. The lowest BCUT2D eigenvalue weighted by Gasteiger charge is -2.03. The van der Waals surface area contributed by atoms with Crippen LogP contribution in [-0.2, 0) is 0 Å². The number of carbonyl (C=O) groups excluding carboxylic acids is 1. The minimum absolute atomic E-state index is 0.0970. The molecular formula is C8H5ClINO3. The average Bonchev–Trinajstić information content (AvgIpc) is 2.02. The highest BCUT2D eigenvalue weighted by Gasteiger charge is 2.20. The molecule has 0 fully saturated rings. The van der Waals surface area contributed by atoms with Gasteiger partial charge in [-0.05, 0) is 35.6 Å². The first-order chi connectivity index (χ1) is 6.45. The van der Waals surface area contributed by atoms with Gasteiger partial charge < -0.3 is 0 Å². The maximum atomic E-state index is 11.2. The van der Waals surface area contributed by atoms with Crippen LogP contribution in [0.5, 0.6) is 0 Å². The second kappa shape index (κ2) is 4.22. The topological polar surface area (TPSA) is 60.2 Å². The third-order valence-electron chi connectivity index (χ3n) is 1.62. The fraction of sp³-hybridized carbons (Fsp3) is 0.125. The van der Waals surface area contributed by atoms with Gasteiger partial charge in [0.15, 0.2) is 5.78 Å². The van der Waals surface area contributed by atoms with Gasteiger partial charge >= 0.3 is 0 Å². The molecular weight excluding hydrogens is 320 g/mol. The maximum absolute atomic E-state index is 11.2. The number of nitrogens with zero attached hydrogens (tertiary/aromatic N) is 1. The Morgan fingerprint density at radius 1 is 1.57 bits per heavy atom. The first-order valence-electron chi connectivity index (χ1n) is 3.58. The van der Waals surface area contributed by atoms with Crippen molar-refractivity contribution in [1.82, 2.24) is 0 Å². The monoisotopic (exact) mass is 325 g/mol. The van der Waals surface area contributed by atoms with E-state index in [4.69, 9.17) is 11.6 Å². The van der Waals surface area contributed by atoms with Crippen molar-refractivity contribution in [3.63, 3.8) is 0 Å². The van der Waals surface area contributed by atoms with Crippen LogP contribution in [-0.4, -0.2) is 10.7 Å². The Kier molecular flexibility index (Phi) is 3.43. The van der Waals surface area contributed by atoms with Crippen molar-refractivity contribution in [2.75, 3.05) is 0 Å². The summed E-state index contributed by atoms with van der Waals surface area (Å²) in [6.45, 7) is 1.33. The fourth-order valence-electron chi connectivity index (χ4n) is 1.01. The van der Waals surface area contributed by atoms with E-state index in [9.17, 15) is 14.9 Å². The first-order valence-corrected chi connectivity index (χ1v) is 5.04. The van der Waals surface area contributed by atoms with Gasteiger partial charge in [-0.15, -0.1) is 0 Å². The van der Waals surface area contributed by atoms with Gasteiger partial charge in [0.1, 0.15) is 3.57 Å². The molecule has 1 aromatic carbocycles. The quantitative estimate of drug-likeness (QED) is 0.363. The average molecular weight is 325 g/mol. The molecule has 0 bridgehead atoms. The second-order valence-corrected chi connectivity index (χ2v) is 4.05. The van der Waals surface area contributed by atoms with E-state index in [0.29, 0.717) is 0 Å². The molecule has 1 aromatic rings. The molecule has 0 amide bonds. The zero-order valence-corrected chi connectivity index (χ0v) is 10.00. The summed E-state index contributed by atoms with van der Waals surface area (Å²) in [6.07, 6.45) is 0. The Hall–Kier alpha value is -0.690. The van der Waals surface area contributed by atoms with Crippen LogP contribution in [0, 0.1) is 13.7 Å². The second-order valence-electron chi connectivity index (χ2n) is 2.57. The van der Waals surface area contributed by atoms with Crippen LogP contribution >= 0.6 is 34.2 Å². The molecule has 0 atom stereocenters. The number of rotatable bonds is 2. The van der Waals surface area contributed by atoms with Crippen molar-refractivity contribution in [3.8, 4) is 0 Å². The van der Waals surface area contributed by atoms with Gasteiger partial charge in [-0.25, -0.2) is 0 Å². The highest BCUT2D eigenvalue weighted by Crippen LogP contribution is 2.30. The first kappa shape index (κ1) is 11.4. The van der Waals surface area contributed by atoms with E-state index in [-0.39, 0.29) is 25.6 Å². The Balaban J connectivity index is 3.49. The number of carbonyl (C=O) groups is 1. The predicted molar refractivity (Wildman–Crippen MR) is 60.8 cm³/mol. The Morgan fingerprint density at radius 3 is 2.57 bits per heavy atom. The number of benzene rings is 1. The van der Waals surface area contributed by atoms with Crippen LogP contribution in [0.25, 0.3) is 0 Å². The van der Waals surface area contributed by atoms with Crippen LogP contribution in [0.3, 0.4) is 0 Å². The lowest BCUT2D eigenvalue weighted by atomic mass is 10.1. The number of hydrogen-bond donors (Lipinski definition) is 0. The smallest absolute Gasteiger partial charge is 0.283 e. The zero-order valence-electron chi connectivity index (χ0n) is 7.08. The van der Waals surface area contributed by atoms with Crippen molar-refractivity contribution >= 4 is 45.7 Å². The predicted octanol–water partition coefficient (Wildman–Crippen LogP) is 3.06. The number of nitro groups is 1. The molecule has 14 heavy (non-hydrogen) atoms. The summed E-state index contributed by atoms with van der Waals surface area (Å²) in [7, 11) is 0. The van der Waals surface area contributed by atoms with E-state index < -0.39 is 4.92 Å². The van der Waals surface area contributed by atoms with E-state index in [1.54, 1.807) is 22.6 Å². The van der Waals surface area contributed by atoms with Crippen LogP contribution in [0.2, 0.25) is 5.02 Å². The molecule has 0 N–H and O–H groups in total. The summed E-state index contributed by atoms with van der Waals surface area (Å²) in [4.78, 5) is 21.2. The molecule has 0 heterocycles. The van der Waals surface area contributed by atoms with Crippen molar-refractivity contribution in [3.05, 3.63) is 36.4 Å². The zero-order chi connectivity index (χ0) is 10.9. The Morgan fingerprint density at radius 2 is 2.14 bits per heavy atom. The van der Waals surface area contributed by atoms with Gasteiger partial charge in [0.25, 0.3) is 5.69 Å². The lowest BCUT2D eigenvalue weighted by Crippen LogP contribution is -2.01. The number of ketones is 1. The van der Waals surface area contributed by atoms with Crippen LogP contribution in [0.15, 0.2) is 12.1 Å². The van der Waals surface area contributed by atoms with Crippen LogP contribution in [0.4, 0.5) is 5.69 Å². The highest BCUT2D eigenvalue weighted by molar-refractivity contribution is 14.1. The molecule has 0 radical (unpaired) electrons. The molecule has 0 aliphatic carbocycles. The van der Waals surface area contributed by atoms with Gasteiger partial charge in [0.05, 0.1) is 15.5 Å². The summed E-state index contributed by atoms with van der Waals surface area (Å²) in [5, 5.41) is 10.8. The molecule has 74 valence electrons.